The molecule has 0 aliphatic rings. The van der Waals surface area contributed by atoms with Crippen molar-refractivity contribution in [2.75, 3.05) is 7.11 Å². The molecule has 1 aromatic rings. The molecular weight excluding hydrogens is 214 g/mol. The number of esters is 1. The lowest BCUT2D eigenvalue weighted by molar-refractivity contribution is -0.0777. The minimum Gasteiger partial charge on any atom is -0.478 e. The van der Waals surface area contributed by atoms with Gasteiger partial charge in [0.1, 0.15) is 0 Å². The highest BCUT2D eigenvalue weighted by Crippen LogP contribution is 2.08. The van der Waals surface area contributed by atoms with E-state index in [-0.39, 0.29) is 11.3 Å². The molecule has 0 fully saturated rings. The second-order valence-corrected chi connectivity index (χ2v) is 2.91. The fourth-order valence-corrected chi connectivity index (χ4v) is 0.995. The predicted molar refractivity (Wildman–Crippen MR) is 53.1 cm³/mol. The van der Waals surface area contributed by atoms with Gasteiger partial charge in [-0.1, -0.05) is 0 Å². The summed E-state index contributed by atoms with van der Waals surface area (Å²) in [7, 11) is 1.37. The number of methoxy groups -OCH3 is 1. The van der Waals surface area contributed by atoms with E-state index in [0.29, 0.717) is 0 Å². The summed E-state index contributed by atoms with van der Waals surface area (Å²) < 4.78 is 9.51. The number of ether oxygens (including phenoxy) is 2. The van der Waals surface area contributed by atoms with Crippen molar-refractivity contribution >= 4 is 11.9 Å². The van der Waals surface area contributed by atoms with Gasteiger partial charge in [0.25, 0.3) is 0 Å². The van der Waals surface area contributed by atoms with Crippen molar-refractivity contribution in [1.29, 1.82) is 0 Å². The third-order valence-electron chi connectivity index (χ3n) is 1.84. The van der Waals surface area contributed by atoms with E-state index < -0.39 is 18.2 Å². The fourth-order valence-electron chi connectivity index (χ4n) is 0.995. The molecule has 86 valence electrons. The standard InChI is InChI=1S/C10H11NO5/c1-6(15-2)16-10(14)8-7(9(12)13)4-3-5-11-8/h3-6H,1-2H3,(H,12,13). The molecule has 0 radical (unpaired) electrons. The first-order valence-electron chi connectivity index (χ1n) is 4.48. The van der Waals surface area contributed by atoms with Crippen LogP contribution in [0.5, 0.6) is 0 Å². The summed E-state index contributed by atoms with van der Waals surface area (Å²) in [5.41, 5.74) is -0.435. The van der Waals surface area contributed by atoms with Crippen LogP contribution in [0.1, 0.15) is 27.8 Å². The Labute approximate surface area is 91.8 Å². The second kappa shape index (κ2) is 5.22. The molecule has 1 rings (SSSR count). The first-order valence-corrected chi connectivity index (χ1v) is 4.48. The SMILES string of the molecule is COC(C)OC(=O)c1ncccc1C(=O)O. The molecule has 0 saturated heterocycles. The molecule has 6 heteroatoms. The van der Waals surface area contributed by atoms with Crippen molar-refractivity contribution in [2.24, 2.45) is 0 Å². The van der Waals surface area contributed by atoms with Crippen molar-refractivity contribution in [3.05, 3.63) is 29.6 Å². The van der Waals surface area contributed by atoms with Gasteiger partial charge in [-0.3, -0.25) is 0 Å². The van der Waals surface area contributed by atoms with Gasteiger partial charge >= 0.3 is 11.9 Å². The molecule has 0 aliphatic heterocycles. The van der Waals surface area contributed by atoms with Gasteiger partial charge in [-0.2, -0.15) is 0 Å². The van der Waals surface area contributed by atoms with Crippen LogP contribution in [0.25, 0.3) is 0 Å². The quantitative estimate of drug-likeness (QED) is 0.606. The number of carboxylic acid groups (broad SMARTS) is 1. The third kappa shape index (κ3) is 2.77. The summed E-state index contributed by atoms with van der Waals surface area (Å²) in [6.45, 7) is 1.52. The Kier molecular flexibility index (Phi) is 3.96. The molecular formula is C10H11NO5. The molecule has 1 aromatic heterocycles. The van der Waals surface area contributed by atoms with Crippen LogP contribution < -0.4 is 0 Å². The van der Waals surface area contributed by atoms with Crippen molar-refractivity contribution in [3.63, 3.8) is 0 Å². The fraction of sp³-hybridized carbons (Fsp3) is 0.300. The maximum Gasteiger partial charge on any atom is 0.360 e. The number of hydrogen-bond donors (Lipinski definition) is 1. The van der Waals surface area contributed by atoms with Crippen LogP contribution in [0.3, 0.4) is 0 Å². The van der Waals surface area contributed by atoms with E-state index in [2.05, 4.69) is 4.98 Å². The van der Waals surface area contributed by atoms with E-state index in [4.69, 9.17) is 14.6 Å². The summed E-state index contributed by atoms with van der Waals surface area (Å²) in [5.74, 6) is -2.06. The monoisotopic (exact) mass is 225 g/mol. The van der Waals surface area contributed by atoms with Crippen LogP contribution in [0, 0.1) is 0 Å². The van der Waals surface area contributed by atoms with Crippen LogP contribution in [0.4, 0.5) is 0 Å². The zero-order valence-corrected chi connectivity index (χ0v) is 8.84. The number of aromatic carboxylic acids is 1. The molecule has 1 N–H and O–H groups in total. The van der Waals surface area contributed by atoms with E-state index in [1.807, 2.05) is 0 Å². The van der Waals surface area contributed by atoms with Gasteiger partial charge in [-0.05, 0) is 19.1 Å². The molecule has 1 atom stereocenters. The molecule has 1 unspecified atom stereocenters. The molecule has 0 saturated carbocycles. The Balaban J connectivity index is 2.95. The number of hydrogen-bond acceptors (Lipinski definition) is 5. The number of carbonyl (C=O) groups excluding carboxylic acids is 1. The Morgan fingerprint density at radius 2 is 2.19 bits per heavy atom. The lowest BCUT2D eigenvalue weighted by Gasteiger charge is -2.11. The van der Waals surface area contributed by atoms with Gasteiger partial charge in [0.05, 0.1) is 5.56 Å². The van der Waals surface area contributed by atoms with Crippen LogP contribution >= 0.6 is 0 Å². The summed E-state index contributed by atoms with van der Waals surface area (Å²) in [6, 6.07) is 2.71. The Hall–Kier alpha value is -1.95. The molecule has 1 heterocycles. The molecule has 0 aliphatic carbocycles. The van der Waals surface area contributed by atoms with Crippen molar-refractivity contribution in [3.8, 4) is 0 Å². The Morgan fingerprint density at radius 1 is 1.50 bits per heavy atom. The third-order valence-corrected chi connectivity index (χ3v) is 1.84. The molecule has 0 amide bonds. The minimum atomic E-state index is -1.23. The van der Waals surface area contributed by atoms with E-state index in [0.717, 1.165) is 0 Å². The van der Waals surface area contributed by atoms with Gasteiger partial charge in [-0.25, -0.2) is 14.6 Å². The van der Waals surface area contributed by atoms with E-state index in [1.165, 1.54) is 32.4 Å². The van der Waals surface area contributed by atoms with Crippen LogP contribution in [-0.4, -0.2) is 35.4 Å². The van der Waals surface area contributed by atoms with Crippen LogP contribution in [-0.2, 0) is 9.47 Å². The highest BCUT2D eigenvalue weighted by Gasteiger charge is 2.20. The normalized spacial score (nSPS) is 11.9. The maximum absolute atomic E-state index is 11.5. The van der Waals surface area contributed by atoms with Crippen LogP contribution in [0.15, 0.2) is 18.3 Å². The first-order chi connectivity index (χ1) is 7.56. The van der Waals surface area contributed by atoms with Crippen molar-refractivity contribution < 1.29 is 24.2 Å². The van der Waals surface area contributed by atoms with Gasteiger partial charge in [0.2, 0.25) is 0 Å². The maximum atomic E-state index is 11.5. The summed E-state index contributed by atoms with van der Waals surface area (Å²) in [6.07, 6.45) is 0.566. The van der Waals surface area contributed by atoms with Gasteiger partial charge in [-0.15, -0.1) is 0 Å². The first kappa shape index (κ1) is 12.1. The average Bonchev–Trinajstić information content (AvgIpc) is 2.28. The Morgan fingerprint density at radius 3 is 2.75 bits per heavy atom. The van der Waals surface area contributed by atoms with Crippen LogP contribution in [0.2, 0.25) is 0 Å². The number of carbonyl (C=O) groups is 2. The zero-order valence-electron chi connectivity index (χ0n) is 8.84. The topological polar surface area (TPSA) is 85.7 Å². The highest BCUT2D eigenvalue weighted by atomic mass is 16.7. The number of aromatic nitrogens is 1. The number of pyridine rings is 1. The average molecular weight is 225 g/mol. The minimum absolute atomic E-state index is 0.198. The lowest BCUT2D eigenvalue weighted by atomic mass is 10.2. The van der Waals surface area contributed by atoms with Crippen molar-refractivity contribution in [2.45, 2.75) is 13.2 Å². The van der Waals surface area contributed by atoms with Crippen molar-refractivity contribution in [1.82, 2.24) is 4.98 Å². The van der Waals surface area contributed by atoms with Gasteiger partial charge < -0.3 is 14.6 Å². The Bertz CT molecular complexity index is 404. The smallest absolute Gasteiger partial charge is 0.360 e. The highest BCUT2D eigenvalue weighted by molar-refractivity contribution is 6.00. The van der Waals surface area contributed by atoms with E-state index in [9.17, 15) is 9.59 Å². The summed E-state index contributed by atoms with van der Waals surface area (Å²) in [4.78, 5) is 26.0. The predicted octanol–water partition coefficient (Wildman–Crippen LogP) is 0.929. The molecule has 0 aromatic carbocycles. The number of nitrogens with zero attached hydrogens (tertiary/aromatic N) is 1. The summed E-state index contributed by atoms with van der Waals surface area (Å²) in [5, 5.41) is 8.83. The van der Waals surface area contributed by atoms with Gasteiger partial charge in [0.15, 0.2) is 12.0 Å². The zero-order chi connectivity index (χ0) is 12.1. The second-order valence-electron chi connectivity index (χ2n) is 2.91. The summed E-state index contributed by atoms with van der Waals surface area (Å²) >= 11 is 0. The molecule has 6 nitrogen and oxygen atoms in total. The number of rotatable bonds is 4. The largest absolute Gasteiger partial charge is 0.478 e. The molecule has 0 spiro atoms. The van der Waals surface area contributed by atoms with E-state index in [1.54, 1.807) is 0 Å². The number of carboxylic acids is 1. The van der Waals surface area contributed by atoms with Gasteiger partial charge in [0, 0.05) is 13.3 Å². The van der Waals surface area contributed by atoms with E-state index >= 15 is 0 Å². The molecule has 16 heavy (non-hydrogen) atoms. The lowest BCUT2D eigenvalue weighted by Crippen LogP contribution is -2.20. The molecule has 0 bridgehead atoms.